The maximum atomic E-state index is 12.4. The van der Waals surface area contributed by atoms with E-state index in [0.29, 0.717) is 17.9 Å². The number of nitrogens with zero attached hydrogens (tertiary/aromatic N) is 1. The van der Waals surface area contributed by atoms with Gasteiger partial charge in [-0.3, -0.25) is 9.69 Å². The first kappa shape index (κ1) is 16.6. The van der Waals surface area contributed by atoms with Gasteiger partial charge in [-0.1, -0.05) is 12.1 Å². The maximum Gasteiger partial charge on any atom is 0.254 e. The van der Waals surface area contributed by atoms with Crippen LogP contribution in [0, 0.1) is 6.92 Å². The summed E-state index contributed by atoms with van der Waals surface area (Å²) in [6.07, 6.45) is 3.97. The molecule has 1 amide bonds. The van der Waals surface area contributed by atoms with Crippen molar-refractivity contribution >= 4 is 5.91 Å². The fourth-order valence-corrected chi connectivity index (χ4v) is 3.24. The number of benzene rings is 1. The van der Waals surface area contributed by atoms with Crippen molar-refractivity contribution in [3.05, 3.63) is 53.5 Å². The molecule has 2 aromatic rings. The van der Waals surface area contributed by atoms with Crippen molar-refractivity contribution in [1.82, 2.24) is 10.2 Å². The number of carbonyl (C=O) groups excluding carboxylic acids is 1. The van der Waals surface area contributed by atoms with Crippen LogP contribution in [0.1, 0.15) is 40.6 Å². The molecule has 24 heavy (non-hydrogen) atoms. The van der Waals surface area contributed by atoms with Crippen LogP contribution < -0.4 is 10.1 Å². The molecule has 1 aliphatic rings. The molecule has 1 aromatic carbocycles. The molecule has 0 spiro atoms. The van der Waals surface area contributed by atoms with E-state index in [1.165, 1.54) is 18.4 Å². The van der Waals surface area contributed by atoms with Gasteiger partial charge in [0.15, 0.2) is 0 Å². The molecule has 1 fully saturated rings. The van der Waals surface area contributed by atoms with Crippen LogP contribution in [-0.4, -0.2) is 37.6 Å². The van der Waals surface area contributed by atoms with Crippen LogP contribution in [0.5, 0.6) is 5.75 Å². The van der Waals surface area contributed by atoms with Gasteiger partial charge in [-0.05, 0) is 56.6 Å². The van der Waals surface area contributed by atoms with Crippen molar-refractivity contribution in [2.75, 3.05) is 26.7 Å². The van der Waals surface area contributed by atoms with Crippen LogP contribution in [0.2, 0.25) is 0 Å². The second-order valence-corrected chi connectivity index (χ2v) is 6.13. The van der Waals surface area contributed by atoms with E-state index in [4.69, 9.17) is 9.15 Å². The van der Waals surface area contributed by atoms with E-state index in [1.807, 2.05) is 12.1 Å². The highest BCUT2D eigenvalue weighted by Crippen LogP contribution is 2.26. The number of methoxy groups -OCH3 is 1. The van der Waals surface area contributed by atoms with Crippen LogP contribution in [-0.2, 0) is 0 Å². The zero-order valence-electron chi connectivity index (χ0n) is 14.2. The molecule has 1 N–H and O–H groups in total. The average Bonchev–Trinajstić information content (AvgIpc) is 3.27. The highest BCUT2D eigenvalue weighted by Gasteiger charge is 2.24. The van der Waals surface area contributed by atoms with E-state index >= 15 is 0 Å². The Labute approximate surface area is 142 Å². The fraction of sp³-hybridized carbons (Fsp3) is 0.421. The Balaban J connectivity index is 1.72. The molecule has 1 aromatic heterocycles. The summed E-state index contributed by atoms with van der Waals surface area (Å²) in [5.74, 6) is 1.41. The smallest absolute Gasteiger partial charge is 0.254 e. The summed E-state index contributed by atoms with van der Waals surface area (Å²) in [7, 11) is 1.67. The second-order valence-electron chi connectivity index (χ2n) is 6.13. The van der Waals surface area contributed by atoms with E-state index in [2.05, 4.69) is 22.3 Å². The van der Waals surface area contributed by atoms with Gasteiger partial charge in [0.1, 0.15) is 11.5 Å². The molecule has 0 radical (unpaired) electrons. The molecule has 2 heterocycles. The second kappa shape index (κ2) is 7.53. The summed E-state index contributed by atoms with van der Waals surface area (Å²) in [6, 6.07) is 9.99. The lowest BCUT2D eigenvalue weighted by atomic mass is 10.0. The third-order valence-electron chi connectivity index (χ3n) is 4.64. The summed E-state index contributed by atoms with van der Waals surface area (Å²) in [5, 5.41) is 3.06. The number of hydrogen-bond donors (Lipinski definition) is 1. The van der Waals surface area contributed by atoms with Gasteiger partial charge in [-0.25, -0.2) is 0 Å². The number of likely N-dealkylation sites (tertiary alicyclic amines) is 1. The van der Waals surface area contributed by atoms with Crippen molar-refractivity contribution in [2.45, 2.75) is 25.8 Å². The number of aryl methyl sites for hydroxylation is 1. The number of rotatable bonds is 6. The number of ether oxygens (including phenoxy) is 1. The molecule has 1 unspecified atom stereocenters. The van der Waals surface area contributed by atoms with Gasteiger partial charge in [0.05, 0.1) is 25.0 Å². The molecule has 0 aliphatic carbocycles. The summed E-state index contributed by atoms with van der Waals surface area (Å²) < 4.78 is 10.5. The monoisotopic (exact) mass is 328 g/mol. The predicted octanol–water partition coefficient (Wildman–Crippen LogP) is 3.16. The number of furan rings is 1. The lowest BCUT2D eigenvalue weighted by Crippen LogP contribution is -2.36. The van der Waals surface area contributed by atoms with Crippen LogP contribution >= 0.6 is 0 Å². The third kappa shape index (κ3) is 3.62. The molecular formula is C19H24N2O3. The van der Waals surface area contributed by atoms with Crippen molar-refractivity contribution < 1.29 is 13.9 Å². The molecule has 1 aliphatic heterocycles. The zero-order valence-corrected chi connectivity index (χ0v) is 14.2. The van der Waals surface area contributed by atoms with E-state index in [9.17, 15) is 4.79 Å². The van der Waals surface area contributed by atoms with E-state index in [0.717, 1.165) is 18.8 Å². The van der Waals surface area contributed by atoms with Crippen molar-refractivity contribution in [3.63, 3.8) is 0 Å². The lowest BCUT2D eigenvalue weighted by Gasteiger charge is -2.28. The first-order valence-corrected chi connectivity index (χ1v) is 8.39. The summed E-state index contributed by atoms with van der Waals surface area (Å²) in [5.41, 5.74) is 1.80. The van der Waals surface area contributed by atoms with Gasteiger partial charge < -0.3 is 14.5 Å². The van der Waals surface area contributed by atoms with Crippen LogP contribution in [0.15, 0.2) is 41.0 Å². The zero-order chi connectivity index (χ0) is 16.9. The van der Waals surface area contributed by atoms with Gasteiger partial charge in [-0.15, -0.1) is 0 Å². The number of carbonyl (C=O) groups is 1. The first-order valence-electron chi connectivity index (χ1n) is 8.39. The largest absolute Gasteiger partial charge is 0.497 e. The molecule has 0 saturated carbocycles. The topological polar surface area (TPSA) is 54.7 Å². The molecule has 3 rings (SSSR count). The van der Waals surface area contributed by atoms with Gasteiger partial charge in [-0.2, -0.15) is 0 Å². The Morgan fingerprint density at radius 1 is 1.25 bits per heavy atom. The van der Waals surface area contributed by atoms with E-state index < -0.39 is 0 Å². The molecule has 1 atom stereocenters. The normalized spacial score (nSPS) is 16.1. The molecular weight excluding hydrogens is 304 g/mol. The molecule has 0 bridgehead atoms. The first-order chi connectivity index (χ1) is 11.7. The predicted molar refractivity (Wildman–Crippen MR) is 92.3 cm³/mol. The Kier molecular flexibility index (Phi) is 5.20. The maximum absolute atomic E-state index is 12.4. The number of nitrogens with one attached hydrogen (secondary N) is 1. The summed E-state index contributed by atoms with van der Waals surface area (Å²) in [4.78, 5) is 14.8. The Hall–Kier alpha value is -2.27. The standard InChI is InChI=1S/C19H24N2O3/c1-14-17(9-12-24-14)19(22)20-13-18(21-10-3-4-11-21)15-5-7-16(23-2)8-6-15/h5-9,12,18H,3-4,10-11,13H2,1-2H3,(H,20,22). The van der Waals surface area contributed by atoms with E-state index in [1.54, 1.807) is 26.4 Å². The highest BCUT2D eigenvalue weighted by molar-refractivity contribution is 5.95. The summed E-state index contributed by atoms with van der Waals surface area (Å²) >= 11 is 0. The quantitative estimate of drug-likeness (QED) is 0.885. The number of hydrogen-bond acceptors (Lipinski definition) is 4. The van der Waals surface area contributed by atoms with Crippen LogP contribution in [0.25, 0.3) is 0 Å². The van der Waals surface area contributed by atoms with Crippen LogP contribution in [0.3, 0.4) is 0 Å². The minimum absolute atomic E-state index is 0.0843. The molecule has 5 heteroatoms. The van der Waals surface area contributed by atoms with Crippen molar-refractivity contribution in [1.29, 1.82) is 0 Å². The van der Waals surface area contributed by atoms with E-state index in [-0.39, 0.29) is 11.9 Å². The Morgan fingerprint density at radius 3 is 2.54 bits per heavy atom. The average molecular weight is 328 g/mol. The van der Waals surface area contributed by atoms with Crippen LogP contribution in [0.4, 0.5) is 0 Å². The van der Waals surface area contributed by atoms with Crippen molar-refractivity contribution in [3.8, 4) is 5.75 Å². The SMILES string of the molecule is COc1ccc(C(CNC(=O)c2ccoc2C)N2CCCC2)cc1. The van der Waals surface area contributed by atoms with Gasteiger partial charge in [0.25, 0.3) is 5.91 Å². The van der Waals surface area contributed by atoms with Gasteiger partial charge >= 0.3 is 0 Å². The van der Waals surface area contributed by atoms with Gasteiger partial charge in [0.2, 0.25) is 0 Å². The molecule has 5 nitrogen and oxygen atoms in total. The highest BCUT2D eigenvalue weighted by atomic mass is 16.5. The Morgan fingerprint density at radius 2 is 1.96 bits per heavy atom. The fourth-order valence-electron chi connectivity index (χ4n) is 3.24. The molecule has 1 saturated heterocycles. The van der Waals surface area contributed by atoms with Crippen molar-refractivity contribution in [2.24, 2.45) is 0 Å². The minimum Gasteiger partial charge on any atom is -0.497 e. The Bertz CT molecular complexity index is 672. The van der Waals surface area contributed by atoms with Gasteiger partial charge in [0, 0.05) is 6.54 Å². The minimum atomic E-state index is -0.0843. The number of amides is 1. The third-order valence-corrected chi connectivity index (χ3v) is 4.64. The summed E-state index contributed by atoms with van der Waals surface area (Å²) in [6.45, 7) is 4.51. The lowest BCUT2D eigenvalue weighted by molar-refractivity contribution is 0.0936. The molecule has 128 valence electrons.